The average Bonchev–Trinajstić information content (AvgIpc) is 0.940. The summed E-state index contributed by atoms with van der Waals surface area (Å²) in [4.78, 5) is 38.8. The van der Waals surface area contributed by atoms with Crippen LogP contribution < -0.4 is 25.2 Å². The molecule has 9 rings (SSSR count). The van der Waals surface area contributed by atoms with E-state index in [1.165, 1.54) is 102 Å². The highest BCUT2D eigenvalue weighted by atomic mass is 35.5. The molecule has 8 aromatic rings. The van der Waals surface area contributed by atoms with Gasteiger partial charge in [0.2, 0.25) is 4.84 Å². The topological polar surface area (TPSA) is 299 Å². The van der Waals surface area contributed by atoms with Crippen molar-refractivity contribution in [3.05, 3.63) is 202 Å². The van der Waals surface area contributed by atoms with Gasteiger partial charge in [0.05, 0.1) is 38.3 Å². The molecule has 0 atom stereocenters. The normalized spacial score (nSPS) is 13.2. The number of amides is 1. The molecule has 6 aromatic carbocycles. The van der Waals surface area contributed by atoms with E-state index >= 15 is 0 Å². The van der Waals surface area contributed by atoms with E-state index in [1.54, 1.807) is 27.7 Å². The Morgan fingerprint density at radius 3 is 1.66 bits per heavy atom. The molecule has 20 nitrogen and oxygen atoms in total. The third kappa shape index (κ3) is 15.9. The Bertz CT molecular complexity index is 4350. The molecule has 2 aromatic heterocycles. The SMILES string of the molecule is CC1=C/C(=C(/c2cccc(C)c2)c2ccc(N)c(C)c2)C=CC1=N.Cc1cc(NS(=O)(=O)c2ccc(N=Nc3cc(N=Nc4ccc(S(=O)(=O)Nc5cc(C)nc(C)n5)cc4)c4c(NC(=O)C(Cl)Cl)cccc4c3OC(=O)C(Cl)Cl)cc2)nc(C)n1. The van der Waals surface area contributed by atoms with Crippen LogP contribution in [-0.2, 0) is 29.6 Å². The fraction of sp³-hybridized carbons (Fsp3) is 0.150. The second kappa shape index (κ2) is 27.1. The van der Waals surface area contributed by atoms with Crippen LogP contribution in [0.1, 0.15) is 52.2 Å². The summed E-state index contributed by atoms with van der Waals surface area (Å²) in [6.45, 7) is 12.8. The predicted molar refractivity (Wildman–Crippen MR) is 338 cm³/mol. The molecule has 86 heavy (non-hydrogen) atoms. The number of ether oxygens (including phenoxy) is 1. The molecule has 26 heteroatoms. The van der Waals surface area contributed by atoms with E-state index in [-0.39, 0.29) is 66.4 Å². The lowest BCUT2D eigenvalue weighted by molar-refractivity contribution is -0.132. The van der Waals surface area contributed by atoms with Gasteiger partial charge in [-0.15, -0.1) is 10.2 Å². The minimum absolute atomic E-state index is 0.0363. The third-order valence-corrected chi connectivity index (χ3v) is 16.0. The number of anilines is 4. The van der Waals surface area contributed by atoms with Crippen molar-refractivity contribution < 1.29 is 31.2 Å². The van der Waals surface area contributed by atoms with Gasteiger partial charge in [-0.1, -0.05) is 101 Å². The maximum atomic E-state index is 13.2. The molecular formula is C60H53Cl4N13O7S2. The lowest BCUT2D eigenvalue weighted by Gasteiger charge is -2.17. The molecule has 0 aliphatic heterocycles. The number of aryl methyl sites for hydroxylation is 6. The zero-order valence-corrected chi connectivity index (χ0v) is 51.5. The molecule has 1 aliphatic rings. The molecule has 2 heterocycles. The van der Waals surface area contributed by atoms with Crippen LogP contribution in [0.3, 0.4) is 0 Å². The number of azo groups is 2. The van der Waals surface area contributed by atoms with Gasteiger partial charge in [-0.25, -0.2) is 41.6 Å². The van der Waals surface area contributed by atoms with Crippen LogP contribution >= 0.6 is 46.4 Å². The molecule has 0 radical (unpaired) electrons. The van der Waals surface area contributed by atoms with Gasteiger partial charge in [0.1, 0.15) is 29.0 Å². The molecule has 6 N–H and O–H groups in total. The first-order valence-electron chi connectivity index (χ1n) is 25.8. The summed E-state index contributed by atoms with van der Waals surface area (Å²) in [7, 11) is -8.12. The molecular weight excluding hydrogens is 1220 g/mol. The Hall–Kier alpha value is -8.77. The Labute approximate surface area is 516 Å². The van der Waals surface area contributed by atoms with Crippen LogP contribution in [0, 0.1) is 47.0 Å². The van der Waals surface area contributed by atoms with Crippen molar-refractivity contribution in [2.75, 3.05) is 20.5 Å². The van der Waals surface area contributed by atoms with Crippen molar-refractivity contribution in [1.29, 1.82) is 5.41 Å². The van der Waals surface area contributed by atoms with Crippen molar-refractivity contribution >= 4 is 146 Å². The van der Waals surface area contributed by atoms with Crippen molar-refractivity contribution in [1.82, 2.24) is 19.9 Å². The minimum Gasteiger partial charge on any atom is -0.421 e. The number of aromatic nitrogens is 4. The second-order valence-corrected chi connectivity index (χ2v) is 24.9. The van der Waals surface area contributed by atoms with Crippen LogP contribution in [0.15, 0.2) is 187 Å². The summed E-state index contributed by atoms with van der Waals surface area (Å²) < 4.78 is 63.0. The lowest BCUT2D eigenvalue weighted by atomic mass is 9.88. The first-order chi connectivity index (χ1) is 40.7. The summed E-state index contributed by atoms with van der Waals surface area (Å²) in [6, 6.07) is 34.3. The Kier molecular flexibility index (Phi) is 19.9. The van der Waals surface area contributed by atoms with Gasteiger partial charge in [0, 0.05) is 40.0 Å². The van der Waals surface area contributed by atoms with E-state index in [9.17, 15) is 26.4 Å². The van der Waals surface area contributed by atoms with E-state index in [2.05, 4.69) is 105 Å². The number of carbonyl (C=O) groups excluding carboxylic acids is 2. The quantitative estimate of drug-likeness (QED) is 0.0198. The number of halogens is 4. The number of nitrogens with zero attached hydrogens (tertiary/aromatic N) is 8. The molecule has 0 unspecified atom stereocenters. The zero-order chi connectivity index (χ0) is 62.2. The van der Waals surface area contributed by atoms with Crippen LogP contribution in [0.4, 0.5) is 45.8 Å². The number of alkyl halides is 4. The maximum absolute atomic E-state index is 13.2. The summed E-state index contributed by atoms with van der Waals surface area (Å²) in [5.74, 6) is -1.13. The molecule has 0 saturated carbocycles. The van der Waals surface area contributed by atoms with E-state index in [0.29, 0.717) is 28.7 Å². The highest BCUT2D eigenvalue weighted by Gasteiger charge is 2.25. The Morgan fingerprint density at radius 2 is 1.15 bits per heavy atom. The Balaban J connectivity index is 0.000000332. The number of esters is 1. The fourth-order valence-electron chi connectivity index (χ4n) is 8.61. The summed E-state index contributed by atoms with van der Waals surface area (Å²) >= 11 is 23.4. The monoisotopic (exact) mass is 1270 g/mol. The first kappa shape index (κ1) is 63.3. The van der Waals surface area contributed by atoms with Crippen molar-refractivity contribution in [2.24, 2.45) is 20.5 Å². The number of benzene rings is 6. The maximum Gasteiger partial charge on any atom is 0.344 e. The number of fused-ring (bicyclic) bond motifs is 1. The van der Waals surface area contributed by atoms with Crippen LogP contribution in [-0.4, -0.2) is 64.0 Å². The van der Waals surface area contributed by atoms with Gasteiger partial charge in [-0.05, 0) is 167 Å². The number of nitrogens with two attached hydrogens (primary N) is 1. The molecule has 0 spiro atoms. The fourth-order valence-corrected chi connectivity index (χ4v) is 10.8. The molecule has 440 valence electrons. The number of nitrogen functional groups attached to an aromatic ring is 1. The number of nitrogens with one attached hydrogen (secondary N) is 4. The van der Waals surface area contributed by atoms with Gasteiger partial charge >= 0.3 is 5.97 Å². The van der Waals surface area contributed by atoms with Crippen molar-refractivity contribution in [2.45, 2.75) is 67.9 Å². The predicted octanol–water partition coefficient (Wildman–Crippen LogP) is 14.8. The van der Waals surface area contributed by atoms with E-state index in [4.69, 9.17) is 62.3 Å². The van der Waals surface area contributed by atoms with Crippen molar-refractivity contribution in [3.63, 3.8) is 0 Å². The van der Waals surface area contributed by atoms with Gasteiger partial charge in [-0.3, -0.25) is 14.2 Å². The standard InChI is InChI=1S/C38H31Cl4N11O7S2.C22H22N2/c1-19-16-31(45-21(3)43-19)52-61(56,57)25-12-8-23(9-13-25)48-50-29-18-30(34(60-38(55)36(41)42)27-6-5-7-28(33(27)29)47-37(54)35(39)40)51-49-24-10-14-26(15-11-24)62(58,59)53-32-17-20(2)44-22(4)46-32;1-14-5-4-6-17(11-14)22(18-7-9-20(23)15(2)12-18)19-8-10-21(24)16(3)13-19/h5-18,35-36H,1-4H3,(H,47,54)(H,43,45,52)(H,44,46,53);4-13,23H,24H2,1-3H3/b;22-18-,23-20?. The lowest BCUT2D eigenvalue weighted by Crippen LogP contribution is -2.19. The van der Waals surface area contributed by atoms with Crippen LogP contribution in [0.2, 0.25) is 0 Å². The number of allylic oxidation sites excluding steroid dienone is 5. The Morgan fingerprint density at radius 1 is 0.605 bits per heavy atom. The number of rotatable bonds is 16. The van der Waals surface area contributed by atoms with Gasteiger partial charge < -0.3 is 21.2 Å². The second-order valence-electron chi connectivity index (χ2n) is 19.3. The smallest absolute Gasteiger partial charge is 0.344 e. The molecule has 1 amide bonds. The average molecular weight is 1270 g/mol. The number of hydrogen-bond donors (Lipinski definition) is 5. The molecule has 0 bridgehead atoms. The minimum atomic E-state index is -4.06. The van der Waals surface area contributed by atoms with Crippen LogP contribution in [0.5, 0.6) is 5.75 Å². The summed E-state index contributed by atoms with van der Waals surface area (Å²) in [5, 5.41) is 28.1. The van der Waals surface area contributed by atoms with Crippen LogP contribution in [0.25, 0.3) is 16.3 Å². The number of sulfonamides is 2. The molecule has 0 saturated heterocycles. The van der Waals surface area contributed by atoms with E-state index in [0.717, 1.165) is 28.0 Å². The number of hydrogen-bond acceptors (Lipinski definition) is 17. The van der Waals surface area contributed by atoms with Gasteiger partial charge in [0.25, 0.3) is 26.0 Å². The highest BCUT2D eigenvalue weighted by Crippen LogP contribution is 2.46. The summed E-state index contributed by atoms with van der Waals surface area (Å²) in [5.41, 5.74) is 16.8. The van der Waals surface area contributed by atoms with E-state index < -0.39 is 41.6 Å². The van der Waals surface area contributed by atoms with Crippen molar-refractivity contribution in [3.8, 4) is 5.75 Å². The molecule has 1 aliphatic carbocycles. The van der Waals surface area contributed by atoms with Gasteiger partial charge in [0.15, 0.2) is 10.6 Å². The highest BCUT2D eigenvalue weighted by molar-refractivity contribution is 7.93. The molecule has 0 fully saturated rings. The zero-order valence-electron chi connectivity index (χ0n) is 46.9. The summed E-state index contributed by atoms with van der Waals surface area (Å²) in [6.07, 6.45) is 5.98. The first-order valence-corrected chi connectivity index (χ1v) is 30.5. The van der Waals surface area contributed by atoms with Gasteiger partial charge in [-0.2, -0.15) is 10.2 Å². The van der Waals surface area contributed by atoms with E-state index in [1.807, 2.05) is 32.1 Å². The third-order valence-electron chi connectivity index (χ3n) is 12.5. The number of carbonyl (C=O) groups is 2. The largest absolute Gasteiger partial charge is 0.421 e.